The predicted octanol–water partition coefficient (Wildman–Crippen LogP) is 6.44. The SMILES string of the molecule is O=C(Cc1cccc(OC(F)(F)F)c1)Nc1cc(COc2ccc3nc(NC(=O)C4CC4)sc3c2)ccc1F. The number of anilines is 2. The average Bonchev–Trinajstić information content (AvgIpc) is 3.64. The summed E-state index contributed by atoms with van der Waals surface area (Å²) in [4.78, 5) is 28.8. The molecule has 1 heterocycles. The standard InChI is InChI=1S/C27H21F4N3O4S/c28-20-8-4-16(11-22(20)32-24(35)12-15-2-1-3-19(10-15)38-27(29,30)31)14-37-18-7-9-21-23(13-18)39-26(33-21)34-25(36)17-5-6-17/h1-4,7-11,13,17H,5-6,12,14H2,(H,32,35)(H,33,34,36). The highest BCUT2D eigenvalue weighted by Crippen LogP contribution is 2.33. The lowest BCUT2D eigenvalue weighted by Gasteiger charge is -2.11. The fourth-order valence-corrected chi connectivity index (χ4v) is 4.66. The number of fused-ring (bicyclic) bond motifs is 1. The summed E-state index contributed by atoms with van der Waals surface area (Å²) in [6, 6.07) is 14.4. The lowest BCUT2D eigenvalue weighted by Crippen LogP contribution is -2.18. The van der Waals surface area contributed by atoms with Crippen molar-refractivity contribution in [3.05, 3.63) is 77.6 Å². The molecule has 0 aliphatic heterocycles. The zero-order valence-electron chi connectivity index (χ0n) is 20.2. The van der Waals surface area contributed by atoms with Gasteiger partial charge in [0.1, 0.15) is 23.9 Å². The van der Waals surface area contributed by atoms with Crippen LogP contribution in [0.25, 0.3) is 10.2 Å². The molecule has 0 atom stereocenters. The summed E-state index contributed by atoms with van der Waals surface area (Å²) < 4.78 is 62.2. The molecule has 0 bridgehead atoms. The molecule has 0 spiro atoms. The van der Waals surface area contributed by atoms with E-state index in [9.17, 15) is 27.2 Å². The van der Waals surface area contributed by atoms with Gasteiger partial charge in [-0.05, 0) is 66.4 Å². The number of rotatable bonds is 9. The van der Waals surface area contributed by atoms with Crippen molar-refractivity contribution in [2.45, 2.75) is 32.2 Å². The topological polar surface area (TPSA) is 89.6 Å². The largest absolute Gasteiger partial charge is 0.573 e. The van der Waals surface area contributed by atoms with E-state index in [-0.39, 0.29) is 36.1 Å². The summed E-state index contributed by atoms with van der Waals surface area (Å²) in [5.74, 6) is -1.14. The van der Waals surface area contributed by atoms with E-state index in [0.29, 0.717) is 16.4 Å². The van der Waals surface area contributed by atoms with Crippen molar-refractivity contribution in [2.24, 2.45) is 5.92 Å². The fraction of sp³-hybridized carbons (Fsp3) is 0.222. The number of thiazole rings is 1. The average molecular weight is 560 g/mol. The first-order chi connectivity index (χ1) is 18.6. The van der Waals surface area contributed by atoms with Gasteiger partial charge in [0.25, 0.3) is 0 Å². The summed E-state index contributed by atoms with van der Waals surface area (Å²) in [6.45, 7) is 0.0789. The lowest BCUT2D eigenvalue weighted by atomic mass is 10.1. The molecule has 7 nitrogen and oxygen atoms in total. The van der Waals surface area contributed by atoms with Gasteiger partial charge in [-0.15, -0.1) is 13.2 Å². The molecule has 1 aliphatic rings. The molecule has 4 aromatic rings. The Labute approximate surface area is 223 Å². The van der Waals surface area contributed by atoms with Crippen molar-refractivity contribution in [1.82, 2.24) is 4.98 Å². The molecule has 1 saturated carbocycles. The van der Waals surface area contributed by atoms with Crippen LogP contribution < -0.4 is 20.1 Å². The van der Waals surface area contributed by atoms with Crippen molar-refractivity contribution in [3.63, 3.8) is 0 Å². The van der Waals surface area contributed by atoms with Crippen molar-refractivity contribution in [3.8, 4) is 11.5 Å². The van der Waals surface area contributed by atoms with Crippen LogP contribution in [0.2, 0.25) is 0 Å². The molecule has 1 fully saturated rings. The van der Waals surface area contributed by atoms with E-state index >= 15 is 0 Å². The van der Waals surface area contributed by atoms with Gasteiger partial charge < -0.3 is 20.1 Å². The maximum absolute atomic E-state index is 14.4. The number of carbonyl (C=O) groups is 2. The van der Waals surface area contributed by atoms with Crippen molar-refractivity contribution < 1.29 is 36.6 Å². The first-order valence-corrected chi connectivity index (χ1v) is 12.7. The van der Waals surface area contributed by atoms with Crippen LogP contribution in [0.1, 0.15) is 24.0 Å². The van der Waals surface area contributed by atoms with Crippen LogP contribution in [-0.2, 0) is 22.6 Å². The molecule has 2 amide bonds. The Kier molecular flexibility index (Phi) is 7.38. The number of nitrogens with zero attached hydrogens (tertiary/aromatic N) is 1. The zero-order chi connectivity index (χ0) is 27.6. The molecule has 12 heteroatoms. The summed E-state index contributed by atoms with van der Waals surface area (Å²) in [7, 11) is 0. The number of benzene rings is 3. The van der Waals surface area contributed by atoms with Gasteiger partial charge in [0.05, 0.1) is 22.3 Å². The van der Waals surface area contributed by atoms with Gasteiger partial charge in [-0.25, -0.2) is 9.37 Å². The number of carbonyl (C=O) groups excluding carboxylic acids is 2. The van der Waals surface area contributed by atoms with E-state index in [2.05, 4.69) is 20.4 Å². The number of alkyl halides is 3. The van der Waals surface area contributed by atoms with Gasteiger partial charge in [0.15, 0.2) is 5.13 Å². The van der Waals surface area contributed by atoms with Crippen LogP contribution >= 0.6 is 11.3 Å². The van der Waals surface area contributed by atoms with Crippen LogP contribution in [0, 0.1) is 11.7 Å². The normalized spacial score (nSPS) is 13.2. The number of amides is 2. The van der Waals surface area contributed by atoms with Gasteiger partial charge in [-0.2, -0.15) is 0 Å². The Morgan fingerprint density at radius 3 is 2.56 bits per heavy atom. The maximum Gasteiger partial charge on any atom is 0.573 e. The molecular formula is C27H21F4N3O4S. The Balaban J connectivity index is 1.19. The quantitative estimate of drug-likeness (QED) is 0.230. The van der Waals surface area contributed by atoms with Gasteiger partial charge in [-0.3, -0.25) is 9.59 Å². The van der Waals surface area contributed by atoms with Gasteiger partial charge in [0, 0.05) is 5.92 Å². The third-order valence-corrected chi connectivity index (χ3v) is 6.68. The Bertz CT molecular complexity index is 1540. The van der Waals surface area contributed by atoms with E-state index in [1.165, 1.54) is 41.7 Å². The number of nitrogens with one attached hydrogen (secondary N) is 2. The van der Waals surface area contributed by atoms with E-state index < -0.39 is 23.8 Å². The molecule has 0 unspecified atom stereocenters. The van der Waals surface area contributed by atoms with Gasteiger partial charge in [0.2, 0.25) is 11.8 Å². The minimum atomic E-state index is -4.85. The highest BCUT2D eigenvalue weighted by atomic mass is 32.1. The number of ether oxygens (including phenoxy) is 2. The smallest absolute Gasteiger partial charge is 0.489 e. The second-order valence-corrected chi connectivity index (χ2v) is 9.97. The third-order valence-electron chi connectivity index (χ3n) is 5.75. The van der Waals surface area contributed by atoms with Crippen LogP contribution in [0.15, 0.2) is 60.7 Å². The fourth-order valence-electron chi connectivity index (χ4n) is 3.76. The zero-order valence-corrected chi connectivity index (χ0v) is 21.0. The summed E-state index contributed by atoms with van der Waals surface area (Å²) >= 11 is 1.34. The number of halogens is 4. The van der Waals surface area contributed by atoms with E-state index in [1.54, 1.807) is 18.2 Å². The van der Waals surface area contributed by atoms with E-state index in [1.807, 2.05) is 0 Å². The van der Waals surface area contributed by atoms with Crippen molar-refractivity contribution in [1.29, 1.82) is 0 Å². The third kappa shape index (κ3) is 7.23. The molecule has 0 radical (unpaired) electrons. The predicted molar refractivity (Wildman–Crippen MR) is 137 cm³/mol. The molecule has 39 heavy (non-hydrogen) atoms. The second kappa shape index (κ2) is 10.9. The Morgan fingerprint density at radius 1 is 0.974 bits per heavy atom. The van der Waals surface area contributed by atoms with Crippen molar-refractivity contribution in [2.75, 3.05) is 10.6 Å². The molecule has 0 saturated heterocycles. The number of hydrogen-bond acceptors (Lipinski definition) is 6. The minimum absolute atomic E-state index is 0.0197. The van der Waals surface area contributed by atoms with Gasteiger partial charge in [-0.1, -0.05) is 29.5 Å². The lowest BCUT2D eigenvalue weighted by molar-refractivity contribution is -0.274. The van der Waals surface area contributed by atoms with Crippen LogP contribution in [0.5, 0.6) is 11.5 Å². The minimum Gasteiger partial charge on any atom is -0.489 e. The molecule has 1 aliphatic carbocycles. The number of aromatic nitrogens is 1. The van der Waals surface area contributed by atoms with Crippen LogP contribution in [0.4, 0.5) is 28.4 Å². The molecule has 202 valence electrons. The van der Waals surface area contributed by atoms with E-state index in [4.69, 9.17) is 4.74 Å². The molecule has 3 aromatic carbocycles. The van der Waals surface area contributed by atoms with Crippen LogP contribution in [0.3, 0.4) is 0 Å². The highest BCUT2D eigenvalue weighted by molar-refractivity contribution is 7.22. The maximum atomic E-state index is 14.4. The Morgan fingerprint density at radius 2 is 1.79 bits per heavy atom. The van der Waals surface area contributed by atoms with E-state index in [0.717, 1.165) is 35.2 Å². The molecule has 1 aromatic heterocycles. The Hall–Kier alpha value is -4.19. The summed E-state index contributed by atoms with van der Waals surface area (Å²) in [6.07, 6.45) is -3.33. The monoisotopic (exact) mass is 559 g/mol. The van der Waals surface area contributed by atoms with Gasteiger partial charge >= 0.3 is 6.36 Å². The molecular weight excluding hydrogens is 538 g/mol. The summed E-state index contributed by atoms with van der Waals surface area (Å²) in [5.41, 5.74) is 1.48. The molecule has 2 N–H and O–H groups in total. The molecule has 5 rings (SSSR count). The first kappa shape index (κ1) is 26.4. The summed E-state index contributed by atoms with van der Waals surface area (Å²) in [5, 5.41) is 5.80. The first-order valence-electron chi connectivity index (χ1n) is 11.9. The second-order valence-electron chi connectivity index (χ2n) is 8.94. The van der Waals surface area contributed by atoms with Crippen molar-refractivity contribution >= 4 is 44.2 Å². The highest BCUT2D eigenvalue weighted by Gasteiger charge is 2.31. The number of hydrogen-bond donors (Lipinski definition) is 2. The van der Waals surface area contributed by atoms with Crippen LogP contribution in [-0.4, -0.2) is 23.2 Å².